The summed E-state index contributed by atoms with van der Waals surface area (Å²) in [5.41, 5.74) is 0.598. The van der Waals surface area contributed by atoms with Crippen molar-refractivity contribution < 1.29 is 9.90 Å². The zero-order valence-corrected chi connectivity index (χ0v) is 10.1. The first-order valence-corrected chi connectivity index (χ1v) is 5.47. The number of nitriles is 1. The van der Waals surface area contributed by atoms with Crippen molar-refractivity contribution in [3.63, 3.8) is 0 Å². The summed E-state index contributed by atoms with van der Waals surface area (Å²) >= 11 is 0. The summed E-state index contributed by atoms with van der Waals surface area (Å²) in [4.78, 5) is 14.4. The first-order chi connectivity index (χ1) is 7.98. The fourth-order valence-electron chi connectivity index (χ4n) is 1.40. The lowest BCUT2D eigenvalue weighted by molar-refractivity contribution is 0.0924. The maximum absolute atomic E-state index is 11.7. The van der Waals surface area contributed by atoms with Gasteiger partial charge < -0.3 is 15.4 Å². The molecule has 92 valence electrons. The van der Waals surface area contributed by atoms with Crippen LogP contribution in [-0.4, -0.2) is 29.1 Å². The molecule has 0 radical (unpaired) electrons. The van der Waals surface area contributed by atoms with Gasteiger partial charge in [0.25, 0.3) is 5.91 Å². The Labute approximate surface area is 100 Å². The first-order valence-electron chi connectivity index (χ1n) is 5.47. The van der Waals surface area contributed by atoms with Gasteiger partial charge in [-0.2, -0.15) is 5.26 Å². The smallest absolute Gasteiger partial charge is 0.267 e. The summed E-state index contributed by atoms with van der Waals surface area (Å²) in [5, 5.41) is 20.3. The number of rotatable bonds is 5. The molecule has 5 nitrogen and oxygen atoms in total. The molecule has 0 saturated carbocycles. The molecule has 0 bridgehead atoms. The van der Waals surface area contributed by atoms with Gasteiger partial charge in [-0.05, 0) is 24.0 Å². The summed E-state index contributed by atoms with van der Waals surface area (Å²) in [7, 11) is 0. The summed E-state index contributed by atoms with van der Waals surface area (Å²) in [6.07, 6.45) is 0.626. The number of hydrogen-bond donors (Lipinski definition) is 3. The van der Waals surface area contributed by atoms with E-state index in [1.165, 1.54) is 0 Å². The number of carbonyl (C=O) groups is 1. The quantitative estimate of drug-likeness (QED) is 0.712. The number of H-pyrrole nitrogens is 1. The van der Waals surface area contributed by atoms with Gasteiger partial charge in [0.05, 0.1) is 0 Å². The number of aliphatic hydroxyl groups is 1. The molecule has 3 N–H and O–H groups in total. The van der Waals surface area contributed by atoms with Crippen LogP contribution in [0.2, 0.25) is 0 Å². The predicted molar refractivity (Wildman–Crippen MR) is 63.3 cm³/mol. The van der Waals surface area contributed by atoms with Crippen molar-refractivity contribution in [3.05, 3.63) is 23.5 Å². The zero-order valence-electron chi connectivity index (χ0n) is 10.1. The standard InChI is InChI=1S/C12H17N3O2/c1-12(2,5-6-16)8-14-11(17)10-4-3-9(7-13)15-10/h3-4,15-16H,5-6,8H2,1-2H3,(H,14,17). The molecule has 1 aromatic heterocycles. The third-order valence-electron chi connectivity index (χ3n) is 2.57. The van der Waals surface area contributed by atoms with E-state index in [2.05, 4.69) is 10.3 Å². The van der Waals surface area contributed by atoms with Gasteiger partial charge in [-0.3, -0.25) is 4.79 Å². The van der Waals surface area contributed by atoms with Crippen LogP contribution >= 0.6 is 0 Å². The number of aromatic nitrogens is 1. The van der Waals surface area contributed by atoms with E-state index >= 15 is 0 Å². The summed E-state index contributed by atoms with van der Waals surface area (Å²) in [5.74, 6) is -0.238. The minimum absolute atomic E-state index is 0.101. The van der Waals surface area contributed by atoms with Crippen molar-refractivity contribution >= 4 is 5.91 Å². The van der Waals surface area contributed by atoms with Crippen molar-refractivity contribution in [2.45, 2.75) is 20.3 Å². The molecule has 0 aliphatic carbocycles. The van der Waals surface area contributed by atoms with Crippen LogP contribution in [0.4, 0.5) is 0 Å². The van der Waals surface area contributed by atoms with E-state index in [1.807, 2.05) is 19.9 Å². The molecule has 0 fully saturated rings. The Bertz CT molecular complexity index is 429. The molecule has 0 unspecified atom stereocenters. The highest BCUT2D eigenvalue weighted by atomic mass is 16.3. The lowest BCUT2D eigenvalue weighted by atomic mass is 9.90. The number of nitrogens with zero attached hydrogens (tertiary/aromatic N) is 1. The van der Waals surface area contributed by atoms with Gasteiger partial charge in [-0.1, -0.05) is 13.8 Å². The van der Waals surface area contributed by atoms with E-state index in [4.69, 9.17) is 10.4 Å². The highest BCUT2D eigenvalue weighted by molar-refractivity contribution is 5.92. The third-order valence-corrected chi connectivity index (χ3v) is 2.57. The van der Waals surface area contributed by atoms with Crippen molar-refractivity contribution in [1.82, 2.24) is 10.3 Å². The van der Waals surface area contributed by atoms with Crippen LogP contribution in [0, 0.1) is 16.7 Å². The first kappa shape index (κ1) is 13.3. The summed E-state index contributed by atoms with van der Waals surface area (Å²) < 4.78 is 0. The van der Waals surface area contributed by atoms with Gasteiger partial charge in [0, 0.05) is 13.2 Å². The van der Waals surface area contributed by atoms with E-state index in [-0.39, 0.29) is 17.9 Å². The average Bonchev–Trinajstić information content (AvgIpc) is 2.74. The van der Waals surface area contributed by atoms with Crippen LogP contribution in [0.1, 0.15) is 36.5 Å². The fraction of sp³-hybridized carbons (Fsp3) is 0.500. The van der Waals surface area contributed by atoms with Crippen LogP contribution in [0.15, 0.2) is 12.1 Å². The number of nitrogens with one attached hydrogen (secondary N) is 2. The number of aromatic amines is 1. The van der Waals surface area contributed by atoms with Gasteiger partial charge in [0.15, 0.2) is 0 Å². The predicted octanol–water partition coefficient (Wildman–Crippen LogP) is 1.02. The van der Waals surface area contributed by atoms with Crippen LogP contribution < -0.4 is 5.32 Å². The van der Waals surface area contributed by atoms with Crippen molar-refractivity contribution in [2.24, 2.45) is 5.41 Å². The molecule has 0 spiro atoms. The molecule has 0 aliphatic heterocycles. The summed E-state index contributed by atoms with van der Waals surface area (Å²) in [6.45, 7) is 4.52. The van der Waals surface area contributed by atoms with Crippen LogP contribution in [0.25, 0.3) is 0 Å². The normalized spacial score (nSPS) is 10.9. The lowest BCUT2D eigenvalue weighted by Gasteiger charge is -2.23. The molecule has 0 aliphatic rings. The molecular weight excluding hydrogens is 218 g/mol. The lowest BCUT2D eigenvalue weighted by Crippen LogP contribution is -2.34. The Hall–Kier alpha value is -1.80. The Kier molecular flexibility index (Phi) is 4.30. The van der Waals surface area contributed by atoms with Gasteiger partial charge in [-0.15, -0.1) is 0 Å². The second kappa shape index (κ2) is 5.51. The molecule has 1 rings (SSSR count). The van der Waals surface area contributed by atoms with Crippen molar-refractivity contribution in [3.8, 4) is 6.07 Å². The average molecular weight is 235 g/mol. The number of hydrogen-bond acceptors (Lipinski definition) is 3. The molecule has 5 heteroatoms. The van der Waals surface area contributed by atoms with Crippen LogP contribution in [-0.2, 0) is 0 Å². The second-order valence-corrected chi connectivity index (χ2v) is 4.72. The molecular formula is C12H17N3O2. The molecule has 17 heavy (non-hydrogen) atoms. The van der Waals surface area contributed by atoms with Gasteiger partial charge in [0.1, 0.15) is 17.5 Å². The third kappa shape index (κ3) is 3.93. The fourth-order valence-corrected chi connectivity index (χ4v) is 1.40. The SMILES string of the molecule is CC(C)(CCO)CNC(=O)c1ccc(C#N)[nH]1. The monoisotopic (exact) mass is 235 g/mol. The zero-order chi connectivity index (χ0) is 12.9. The van der Waals surface area contributed by atoms with Crippen molar-refractivity contribution in [1.29, 1.82) is 5.26 Å². The molecule has 1 heterocycles. The Balaban J connectivity index is 2.53. The summed E-state index contributed by atoms with van der Waals surface area (Å²) in [6, 6.07) is 5.07. The Morgan fingerprint density at radius 3 is 2.82 bits per heavy atom. The Morgan fingerprint density at radius 1 is 1.59 bits per heavy atom. The molecule has 0 saturated heterocycles. The van der Waals surface area contributed by atoms with E-state index in [9.17, 15) is 4.79 Å². The van der Waals surface area contributed by atoms with Gasteiger partial charge in [-0.25, -0.2) is 0 Å². The van der Waals surface area contributed by atoms with Gasteiger partial charge >= 0.3 is 0 Å². The van der Waals surface area contributed by atoms with E-state index in [1.54, 1.807) is 12.1 Å². The largest absolute Gasteiger partial charge is 0.396 e. The minimum Gasteiger partial charge on any atom is -0.396 e. The number of amides is 1. The number of aliphatic hydroxyl groups excluding tert-OH is 1. The minimum atomic E-state index is -0.238. The maximum atomic E-state index is 11.7. The molecule has 0 aromatic carbocycles. The van der Waals surface area contributed by atoms with Crippen LogP contribution in [0.3, 0.4) is 0 Å². The topological polar surface area (TPSA) is 88.9 Å². The van der Waals surface area contributed by atoms with Crippen molar-refractivity contribution in [2.75, 3.05) is 13.2 Å². The van der Waals surface area contributed by atoms with E-state index in [0.717, 1.165) is 0 Å². The molecule has 1 amide bonds. The van der Waals surface area contributed by atoms with Gasteiger partial charge in [0.2, 0.25) is 0 Å². The molecule has 0 atom stereocenters. The highest BCUT2D eigenvalue weighted by Crippen LogP contribution is 2.18. The highest BCUT2D eigenvalue weighted by Gasteiger charge is 2.19. The number of carbonyl (C=O) groups excluding carboxylic acids is 1. The second-order valence-electron chi connectivity index (χ2n) is 4.72. The Morgan fingerprint density at radius 2 is 2.29 bits per heavy atom. The maximum Gasteiger partial charge on any atom is 0.267 e. The van der Waals surface area contributed by atoms with E-state index < -0.39 is 0 Å². The molecule has 1 aromatic rings. The van der Waals surface area contributed by atoms with Crippen LogP contribution in [0.5, 0.6) is 0 Å². The van der Waals surface area contributed by atoms with E-state index in [0.29, 0.717) is 24.4 Å².